The second kappa shape index (κ2) is 7.18. The van der Waals surface area contributed by atoms with Crippen LogP contribution in [0.25, 0.3) is 0 Å². The van der Waals surface area contributed by atoms with Crippen LogP contribution in [0.4, 0.5) is 17.6 Å². The van der Waals surface area contributed by atoms with Gasteiger partial charge in [0.15, 0.2) is 0 Å². The molecule has 0 amide bonds. The van der Waals surface area contributed by atoms with Crippen molar-refractivity contribution in [2.45, 2.75) is 13.8 Å². The minimum Gasteiger partial charge on any atom is -0.403 e. The summed E-state index contributed by atoms with van der Waals surface area (Å²) in [5.74, 6) is 0.940. The number of ether oxygens (including phenoxy) is 1. The van der Waals surface area contributed by atoms with Crippen LogP contribution in [-0.4, -0.2) is 39.2 Å². The van der Waals surface area contributed by atoms with Crippen molar-refractivity contribution in [2.75, 3.05) is 24.3 Å². The van der Waals surface area contributed by atoms with Crippen molar-refractivity contribution < 1.29 is 4.74 Å². The van der Waals surface area contributed by atoms with Crippen molar-refractivity contribution in [1.82, 2.24) is 25.1 Å². The summed E-state index contributed by atoms with van der Waals surface area (Å²) in [6.07, 6.45) is 0. The summed E-state index contributed by atoms with van der Waals surface area (Å²) in [6.45, 7) is 4.09. The Morgan fingerprint density at radius 2 is 1.85 bits per heavy atom. The molecule has 0 aliphatic rings. The minimum atomic E-state index is -0.320. The van der Waals surface area contributed by atoms with E-state index in [1.807, 2.05) is 39.2 Å². The lowest BCUT2D eigenvalue weighted by Gasteiger charge is -2.13. The zero-order valence-electron chi connectivity index (χ0n) is 14.9. The number of hydrogen-bond donors (Lipinski definition) is 2. The fourth-order valence-electron chi connectivity index (χ4n) is 2.08. The quantitative estimate of drug-likeness (QED) is 0.718. The number of aromatic amines is 1. The van der Waals surface area contributed by atoms with Crippen LogP contribution in [0.5, 0.6) is 11.9 Å². The van der Waals surface area contributed by atoms with Gasteiger partial charge in [0.25, 0.3) is 5.56 Å². The molecule has 3 aromatic rings. The maximum Gasteiger partial charge on any atom is 0.330 e. The van der Waals surface area contributed by atoms with Crippen molar-refractivity contribution >= 4 is 17.6 Å². The molecule has 1 aromatic carbocycles. The highest BCUT2D eigenvalue weighted by molar-refractivity contribution is 5.56. The van der Waals surface area contributed by atoms with Gasteiger partial charge in [-0.2, -0.15) is 15.0 Å². The zero-order valence-corrected chi connectivity index (χ0v) is 14.9. The highest BCUT2D eigenvalue weighted by Crippen LogP contribution is 2.21. The summed E-state index contributed by atoms with van der Waals surface area (Å²) in [5.41, 5.74) is 2.90. The number of nitrogens with one attached hydrogen (secondary N) is 2. The predicted molar refractivity (Wildman–Crippen MR) is 98.3 cm³/mol. The van der Waals surface area contributed by atoms with Gasteiger partial charge in [0.05, 0.1) is 0 Å². The van der Waals surface area contributed by atoms with E-state index in [9.17, 15) is 4.79 Å². The fourth-order valence-corrected chi connectivity index (χ4v) is 2.08. The Hall–Kier alpha value is -3.49. The number of rotatable bonds is 5. The number of H-pyrrole nitrogens is 1. The van der Waals surface area contributed by atoms with Crippen LogP contribution in [0.15, 0.2) is 35.1 Å². The van der Waals surface area contributed by atoms with E-state index in [4.69, 9.17) is 4.74 Å². The number of anilines is 3. The summed E-state index contributed by atoms with van der Waals surface area (Å²) < 4.78 is 5.54. The molecule has 2 aromatic heterocycles. The molecule has 0 saturated carbocycles. The lowest BCUT2D eigenvalue weighted by Crippen LogP contribution is -2.15. The van der Waals surface area contributed by atoms with E-state index >= 15 is 0 Å². The van der Waals surface area contributed by atoms with Crippen molar-refractivity contribution in [3.63, 3.8) is 0 Å². The molecule has 0 aliphatic carbocycles. The molecule has 26 heavy (non-hydrogen) atoms. The zero-order chi connectivity index (χ0) is 18.7. The third-order valence-corrected chi connectivity index (χ3v) is 3.62. The topological polar surface area (TPSA) is 109 Å². The van der Waals surface area contributed by atoms with Crippen molar-refractivity contribution in [3.8, 4) is 11.9 Å². The largest absolute Gasteiger partial charge is 0.403 e. The molecule has 2 heterocycles. The molecule has 0 bridgehead atoms. The third kappa shape index (κ3) is 4.12. The summed E-state index contributed by atoms with van der Waals surface area (Å²) in [7, 11) is 3.63. The monoisotopic (exact) mass is 353 g/mol. The predicted octanol–water partition coefficient (Wildman–Crippen LogP) is 2.17. The first-order chi connectivity index (χ1) is 12.4. The Morgan fingerprint density at radius 3 is 2.50 bits per heavy atom. The number of hydrogen-bond acceptors (Lipinski definition) is 8. The second-order valence-electron chi connectivity index (χ2n) is 5.92. The van der Waals surface area contributed by atoms with Gasteiger partial charge in [-0.15, -0.1) is 5.10 Å². The molecule has 9 heteroatoms. The van der Waals surface area contributed by atoms with Crippen LogP contribution in [0, 0.1) is 13.8 Å². The SMILES string of the molecule is Cc1ccc(Nc2nc(Oc3ccc(=O)[nH]n3)nc(N(C)C)n2)cc1C. The Kier molecular flexibility index (Phi) is 4.78. The van der Waals surface area contributed by atoms with Crippen molar-refractivity contribution in [1.29, 1.82) is 0 Å². The van der Waals surface area contributed by atoms with Crippen LogP contribution in [0.1, 0.15) is 11.1 Å². The van der Waals surface area contributed by atoms with Gasteiger partial charge in [0.1, 0.15) is 0 Å². The number of nitrogens with zero attached hydrogens (tertiary/aromatic N) is 5. The van der Waals surface area contributed by atoms with E-state index in [-0.39, 0.29) is 17.4 Å². The first-order valence-electron chi connectivity index (χ1n) is 7.92. The van der Waals surface area contributed by atoms with E-state index in [0.717, 1.165) is 11.3 Å². The Bertz CT molecular complexity index is 965. The van der Waals surface area contributed by atoms with Gasteiger partial charge in [-0.1, -0.05) is 6.07 Å². The molecule has 0 atom stereocenters. The first-order valence-corrected chi connectivity index (χ1v) is 7.92. The summed E-state index contributed by atoms with van der Waals surface area (Å²) in [4.78, 5) is 25.7. The van der Waals surface area contributed by atoms with Gasteiger partial charge in [0, 0.05) is 31.9 Å². The average Bonchev–Trinajstić information content (AvgIpc) is 2.60. The van der Waals surface area contributed by atoms with Crippen molar-refractivity contribution in [2.24, 2.45) is 0 Å². The Morgan fingerprint density at radius 1 is 1.04 bits per heavy atom. The molecule has 0 radical (unpaired) electrons. The smallest absolute Gasteiger partial charge is 0.330 e. The van der Waals surface area contributed by atoms with Gasteiger partial charge in [-0.25, -0.2) is 5.10 Å². The maximum atomic E-state index is 11.1. The second-order valence-corrected chi connectivity index (χ2v) is 5.92. The first kappa shape index (κ1) is 17.3. The summed E-state index contributed by atoms with van der Waals surface area (Å²) >= 11 is 0. The molecular weight excluding hydrogens is 334 g/mol. The van der Waals surface area contributed by atoms with Crippen LogP contribution in [0.2, 0.25) is 0 Å². The van der Waals surface area contributed by atoms with Gasteiger partial charge >= 0.3 is 6.01 Å². The molecule has 9 nitrogen and oxygen atoms in total. The molecular formula is C17H19N7O2. The van der Waals surface area contributed by atoms with Gasteiger partial charge < -0.3 is 15.0 Å². The maximum absolute atomic E-state index is 11.1. The average molecular weight is 353 g/mol. The lowest BCUT2D eigenvalue weighted by molar-refractivity contribution is 0.417. The van der Waals surface area contributed by atoms with Gasteiger partial charge in [0.2, 0.25) is 17.8 Å². The van der Waals surface area contributed by atoms with E-state index in [1.165, 1.54) is 17.7 Å². The molecule has 2 N–H and O–H groups in total. The van der Waals surface area contributed by atoms with Gasteiger partial charge in [-0.3, -0.25) is 4.79 Å². The summed E-state index contributed by atoms with van der Waals surface area (Å²) in [5, 5.41) is 9.24. The van der Waals surface area contributed by atoms with Crippen LogP contribution in [-0.2, 0) is 0 Å². The van der Waals surface area contributed by atoms with Crippen molar-refractivity contribution in [3.05, 3.63) is 51.8 Å². The minimum absolute atomic E-state index is 0.0644. The van der Waals surface area contributed by atoms with Crippen LogP contribution < -0.4 is 20.5 Å². The molecule has 0 saturated heterocycles. The number of aromatic nitrogens is 5. The lowest BCUT2D eigenvalue weighted by atomic mass is 10.1. The molecule has 0 fully saturated rings. The summed E-state index contributed by atoms with van der Waals surface area (Å²) in [6, 6.07) is 8.80. The third-order valence-electron chi connectivity index (χ3n) is 3.62. The van der Waals surface area contributed by atoms with Crippen LogP contribution >= 0.6 is 0 Å². The number of benzene rings is 1. The highest BCUT2D eigenvalue weighted by Gasteiger charge is 2.11. The van der Waals surface area contributed by atoms with Gasteiger partial charge in [-0.05, 0) is 37.1 Å². The molecule has 0 unspecified atom stereocenters. The van der Waals surface area contributed by atoms with E-state index in [2.05, 4.69) is 37.4 Å². The molecule has 0 spiro atoms. The normalized spacial score (nSPS) is 10.5. The van der Waals surface area contributed by atoms with E-state index in [0.29, 0.717) is 11.9 Å². The standard InChI is InChI=1S/C17H19N7O2/c1-10-5-6-12(9-11(10)2)18-15-19-16(24(3)4)21-17(20-15)26-14-8-7-13(25)22-23-14/h5-9H,1-4H3,(H,22,25)(H,18,19,20,21). The van der Waals surface area contributed by atoms with E-state index in [1.54, 1.807) is 4.90 Å². The van der Waals surface area contributed by atoms with Crippen LogP contribution in [0.3, 0.4) is 0 Å². The Labute approximate surface area is 150 Å². The molecule has 134 valence electrons. The molecule has 0 aliphatic heterocycles. The highest BCUT2D eigenvalue weighted by atomic mass is 16.5. The fraction of sp³-hybridized carbons (Fsp3) is 0.235. The molecule has 3 rings (SSSR count). The van der Waals surface area contributed by atoms with E-state index < -0.39 is 0 Å². The Balaban J connectivity index is 1.91. The number of aryl methyl sites for hydroxylation is 2.